The molecule has 0 aromatic heterocycles. The van der Waals surface area contributed by atoms with E-state index in [1.54, 1.807) is 4.90 Å². The highest BCUT2D eigenvalue weighted by Gasteiger charge is 2.49. The molecule has 9 heteroatoms. The summed E-state index contributed by atoms with van der Waals surface area (Å²) in [7, 11) is 0. The predicted octanol–water partition coefficient (Wildman–Crippen LogP) is 5.65. The molecule has 2 aliphatic rings. The fourth-order valence-corrected chi connectivity index (χ4v) is 5.91. The number of nitrogens with zero attached hydrogens (tertiary/aromatic N) is 2. The molecule has 3 amide bonds. The van der Waals surface area contributed by atoms with Crippen LogP contribution in [0, 0.1) is 0 Å². The number of alkyl halides is 3. The molecule has 6 nitrogen and oxygen atoms in total. The molecule has 5 rings (SSSR count). The van der Waals surface area contributed by atoms with Crippen LogP contribution in [0.3, 0.4) is 0 Å². The van der Waals surface area contributed by atoms with Gasteiger partial charge in [0.25, 0.3) is 0 Å². The molecule has 210 valence electrons. The van der Waals surface area contributed by atoms with Gasteiger partial charge in [-0.2, -0.15) is 13.2 Å². The Hall–Kier alpha value is -3.85. The second-order valence-electron chi connectivity index (χ2n) is 10.4. The molecule has 1 aliphatic carbocycles. The number of hydrogen-bond acceptors (Lipinski definition) is 3. The van der Waals surface area contributed by atoms with Crippen LogP contribution in [0.25, 0.3) is 11.1 Å². The Morgan fingerprint density at radius 2 is 1.35 bits per heavy atom. The Bertz CT molecular complexity index is 1290. The predicted molar refractivity (Wildman–Crippen MR) is 149 cm³/mol. The van der Waals surface area contributed by atoms with E-state index in [1.165, 1.54) is 0 Å². The van der Waals surface area contributed by atoms with Gasteiger partial charge in [0, 0.05) is 31.9 Å². The number of fused-ring (bicyclic) bond motifs is 3. The Morgan fingerprint density at radius 1 is 0.775 bits per heavy atom. The van der Waals surface area contributed by atoms with E-state index in [1.807, 2.05) is 78.9 Å². The maximum absolute atomic E-state index is 13.6. The first-order valence-electron chi connectivity index (χ1n) is 13.7. The van der Waals surface area contributed by atoms with E-state index in [-0.39, 0.29) is 6.03 Å². The Balaban J connectivity index is 1.22. The molecule has 1 fully saturated rings. The normalized spacial score (nSPS) is 16.2. The van der Waals surface area contributed by atoms with Crippen molar-refractivity contribution in [2.45, 2.75) is 30.9 Å². The number of nitrogens with one attached hydrogen (secondary N) is 2. The Labute approximate surface area is 232 Å². The van der Waals surface area contributed by atoms with Gasteiger partial charge >= 0.3 is 12.2 Å². The monoisotopic (exact) mass is 550 g/mol. The number of hydrogen-bond donors (Lipinski definition) is 2. The number of unbranched alkanes of at least 4 members (excludes halogenated alkanes) is 1. The minimum absolute atomic E-state index is 0.115. The summed E-state index contributed by atoms with van der Waals surface area (Å²) in [5.74, 6) is -0.611. The first-order chi connectivity index (χ1) is 19.3. The lowest BCUT2D eigenvalue weighted by atomic mass is 9.73. The van der Waals surface area contributed by atoms with Gasteiger partial charge in [-0.15, -0.1) is 0 Å². The number of piperazine rings is 1. The zero-order chi connectivity index (χ0) is 28.2. The summed E-state index contributed by atoms with van der Waals surface area (Å²) in [6.07, 6.45) is -2.63. The molecule has 1 saturated heterocycles. The van der Waals surface area contributed by atoms with E-state index in [9.17, 15) is 22.8 Å². The third-order valence-electron chi connectivity index (χ3n) is 7.86. The average molecular weight is 551 g/mol. The van der Waals surface area contributed by atoms with Crippen LogP contribution in [0.4, 0.5) is 23.7 Å². The maximum Gasteiger partial charge on any atom is 0.405 e. The lowest BCUT2D eigenvalue weighted by Gasteiger charge is -2.35. The topological polar surface area (TPSA) is 64.7 Å². The van der Waals surface area contributed by atoms with E-state index in [0.717, 1.165) is 54.0 Å². The van der Waals surface area contributed by atoms with Gasteiger partial charge in [0.15, 0.2) is 0 Å². The van der Waals surface area contributed by atoms with Crippen LogP contribution in [0.5, 0.6) is 0 Å². The highest BCUT2D eigenvalue weighted by molar-refractivity contribution is 6.00. The highest BCUT2D eigenvalue weighted by Crippen LogP contribution is 2.51. The SMILES string of the molecule is O=C(Nc1ccccc1)N1CCN(CCCCC2(C(=O)NCC(F)(F)F)c3ccccc3-c3ccccc32)CC1. The molecule has 3 aromatic rings. The number of amides is 3. The fraction of sp³-hybridized carbons (Fsp3) is 0.355. The summed E-state index contributed by atoms with van der Waals surface area (Å²) in [5.41, 5.74) is 2.89. The summed E-state index contributed by atoms with van der Waals surface area (Å²) in [5, 5.41) is 5.11. The summed E-state index contributed by atoms with van der Waals surface area (Å²) < 4.78 is 39.2. The number of benzene rings is 3. The molecule has 0 saturated carbocycles. The lowest BCUT2D eigenvalue weighted by Crippen LogP contribution is -2.50. The second-order valence-corrected chi connectivity index (χ2v) is 10.4. The smallest absolute Gasteiger partial charge is 0.346 e. The number of urea groups is 1. The van der Waals surface area contributed by atoms with Crippen molar-refractivity contribution in [3.05, 3.63) is 90.0 Å². The summed E-state index contributed by atoms with van der Waals surface area (Å²) in [6.45, 7) is 2.14. The van der Waals surface area contributed by atoms with Gasteiger partial charge in [-0.3, -0.25) is 9.69 Å². The third-order valence-corrected chi connectivity index (χ3v) is 7.86. The highest BCUT2D eigenvalue weighted by atomic mass is 19.4. The molecule has 3 aromatic carbocycles. The first kappa shape index (κ1) is 27.7. The van der Waals surface area contributed by atoms with Crippen molar-refractivity contribution in [1.82, 2.24) is 15.1 Å². The van der Waals surface area contributed by atoms with Gasteiger partial charge in [0.2, 0.25) is 5.91 Å². The number of carbonyl (C=O) groups excluding carboxylic acids is 2. The average Bonchev–Trinajstić information content (AvgIpc) is 3.25. The first-order valence-corrected chi connectivity index (χ1v) is 13.7. The van der Waals surface area contributed by atoms with Crippen molar-refractivity contribution >= 4 is 17.6 Å². The minimum Gasteiger partial charge on any atom is -0.346 e. The number of rotatable bonds is 8. The zero-order valence-electron chi connectivity index (χ0n) is 22.2. The molecule has 1 aliphatic heterocycles. The minimum atomic E-state index is -4.49. The number of anilines is 1. The van der Waals surface area contributed by atoms with Gasteiger partial charge in [-0.25, -0.2) is 4.79 Å². The van der Waals surface area contributed by atoms with Crippen molar-refractivity contribution < 1.29 is 22.8 Å². The standard InChI is InChI=1S/C31H33F3N4O2/c32-31(33,34)22-35-28(39)30(26-14-6-4-12-24(26)25-13-5-7-15-27(25)30)16-8-9-17-37-18-20-38(21-19-37)29(40)36-23-10-2-1-3-11-23/h1-7,10-15H,8-9,16-22H2,(H,35,39)(H,36,40). The third kappa shape index (κ3) is 5.84. The van der Waals surface area contributed by atoms with Crippen LogP contribution in [0.2, 0.25) is 0 Å². The van der Waals surface area contributed by atoms with E-state index >= 15 is 0 Å². The zero-order valence-corrected chi connectivity index (χ0v) is 22.2. The molecular weight excluding hydrogens is 517 g/mol. The molecule has 2 N–H and O–H groups in total. The van der Waals surface area contributed by atoms with Gasteiger partial charge < -0.3 is 15.5 Å². The van der Waals surface area contributed by atoms with Crippen LogP contribution in [-0.4, -0.2) is 67.2 Å². The number of carbonyl (C=O) groups is 2. The van der Waals surface area contributed by atoms with Crippen LogP contribution in [0.15, 0.2) is 78.9 Å². The molecule has 0 atom stereocenters. The lowest BCUT2D eigenvalue weighted by molar-refractivity contribution is -0.141. The van der Waals surface area contributed by atoms with Crippen LogP contribution in [0.1, 0.15) is 30.4 Å². The number of para-hydroxylation sites is 1. The van der Waals surface area contributed by atoms with Crippen LogP contribution < -0.4 is 10.6 Å². The summed E-state index contributed by atoms with van der Waals surface area (Å²) in [6, 6.07) is 24.3. The van der Waals surface area contributed by atoms with E-state index < -0.39 is 24.0 Å². The van der Waals surface area contributed by atoms with E-state index in [0.29, 0.717) is 25.9 Å². The molecule has 1 heterocycles. The van der Waals surface area contributed by atoms with Crippen molar-refractivity contribution in [1.29, 1.82) is 0 Å². The second kappa shape index (κ2) is 11.7. The van der Waals surface area contributed by atoms with Gasteiger partial charge in [0.1, 0.15) is 12.0 Å². The summed E-state index contributed by atoms with van der Waals surface area (Å²) in [4.78, 5) is 30.3. The van der Waals surface area contributed by atoms with E-state index in [2.05, 4.69) is 15.5 Å². The van der Waals surface area contributed by atoms with E-state index in [4.69, 9.17) is 0 Å². The maximum atomic E-state index is 13.6. The summed E-state index contributed by atoms with van der Waals surface area (Å²) >= 11 is 0. The molecule has 0 bridgehead atoms. The Morgan fingerprint density at radius 3 is 1.95 bits per heavy atom. The van der Waals surface area contributed by atoms with Crippen molar-refractivity contribution in [2.24, 2.45) is 0 Å². The van der Waals surface area contributed by atoms with Crippen molar-refractivity contribution in [3.8, 4) is 11.1 Å². The quantitative estimate of drug-likeness (QED) is 0.356. The van der Waals surface area contributed by atoms with Gasteiger partial charge in [0.05, 0.1) is 0 Å². The molecular formula is C31H33F3N4O2. The van der Waals surface area contributed by atoms with Gasteiger partial charge in [-0.1, -0.05) is 73.2 Å². The molecule has 0 spiro atoms. The number of halogens is 3. The van der Waals surface area contributed by atoms with Crippen molar-refractivity contribution in [2.75, 3.05) is 44.6 Å². The van der Waals surface area contributed by atoms with Crippen LogP contribution >= 0.6 is 0 Å². The van der Waals surface area contributed by atoms with Gasteiger partial charge in [-0.05, 0) is 53.8 Å². The van der Waals surface area contributed by atoms with Crippen LogP contribution in [-0.2, 0) is 10.2 Å². The molecule has 0 unspecified atom stereocenters. The molecule has 0 radical (unpaired) electrons. The molecule has 40 heavy (non-hydrogen) atoms. The fourth-order valence-electron chi connectivity index (χ4n) is 5.91. The van der Waals surface area contributed by atoms with Crippen molar-refractivity contribution in [3.63, 3.8) is 0 Å². The Kier molecular flexibility index (Phi) is 8.12. The largest absolute Gasteiger partial charge is 0.405 e.